The number of nitrogens with zero attached hydrogens (tertiary/aromatic N) is 3. The Bertz CT molecular complexity index is 410. The number of aryl methyl sites for hydroxylation is 1. The lowest BCUT2D eigenvalue weighted by atomic mass is 10.2. The van der Waals surface area contributed by atoms with Crippen LogP contribution in [0.1, 0.15) is 33.0 Å². The molecule has 1 aliphatic heterocycles. The van der Waals surface area contributed by atoms with Gasteiger partial charge >= 0.3 is 0 Å². The van der Waals surface area contributed by atoms with Gasteiger partial charge in [0.1, 0.15) is 17.5 Å². The molecule has 1 saturated heterocycles. The number of hydrogen-bond acceptors (Lipinski definition) is 5. The lowest BCUT2D eigenvalue weighted by Crippen LogP contribution is -2.47. The smallest absolute Gasteiger partial charge is 0.134 e. The third-order valence-corrected chi connectivity index (χ3v) is 3.15. The van der Waals surface area contributed by atoms with Gasteiger partial charge in [-0.2, -0.15) is 0 Å². The summed E-state index contributed by atoms with van der Waals surface area (Å²) in [6.07, 6.45) is 2.12. The molecule has 0 bridgehead atoms. The molecular weight excluding hydrogens is 228 g/mol. The zero-order valence-corrected chi connectivity index (χ0v) is 11.4. The summed E-state index contributed by atoms with van der Waals surface area (Å²) in [4.78, 5) is 11.1. The van der Waals surface area contributed by atoms with Gasteiger partial charge in [-0.25, -0.2) is 9.97 Å². The van der Waals surface area contributed by atoms with Crippen LogP contribution >= 0.6 is 0 Å². The molecule has 100 valence electrons. The Morgan fingerprint density at radius 1 is 1.44 bits per heavy atom. The molecule has 1 aromatic rings. The highest BCUT2D eigenvalue weighted by Crippen LogP contribution is 2.21. The summed E-state index contributed by atoms with van der Waals surface area (Å²) in [5.74, 6) is 2.31. The predicted molar refractivity (Wildman–Crippen MR) is 72.7 cm³/mol. The molecule has 0 radical (unpaired) electrons. The molecule has 0 amide bonds. The Hall–Kier alpha value is -1.36. The Labute approximate surface area is 108 Å². The number of hydrogen-bond donors (Lipinski definition) is 1. The first-order valence-corrected chi connectivity index (χ1v) is 6.61. The van der Waals surface area contributed by atoms with Gasteiger partial charge in [0.05, 0.1) is 18.8 Å². The van der Waals surface area contributed by atoms with Crippen molar-refractivity contribution in [3.8, 4) is 0 Å². The van der Waals surface area contributed by atoms with Crippen molar-refractivity contribution < 1.29 is 4.74 Å². The van der Waals surface area contributed by atoms with Crippen LogP contribution in [0.5, 0.6) is 0 Å². The number of nitrogens with two attached hydrogens (primary N) is 1. The number of ether oxygens (including phenoxy) is 1. The van der Waals surface area contributed by atoms with Crippen LogP contribution in [0.4, 0.5) is 11.6 Å². The maximum Gasteiger partial charge on any atom is 0.134 e. The van der Waals surface area contributed by atoms with E-state index < -0.39 is 0 Å². The summed E-state index contributed by atoms with van der Waals surface area (Å²) < 4.78 is 5.63. The summed E-state index contributed by atoms with van der Waals surface area (Å²) in [6.45, 7) is 7.92. The van der Waals surface area contributed by atoms with Gasteiger partial charge in [0.25, 0.3) is 0 Å². The van der Waals surface area contributed by atoms with Gasteiger partial charge in [-0.15, -0.1) is 0 Å². The van der Waals surface area contributed by atoms with Crippen molar-refractivity contribution in [3.05, 3.63) is 11.9 Å². The van der Waals surface area contributed by atoms with Gasteiger partial charge in [-0.1, -0.05) is 6.92 Å². The molecule has 0 spiro atoms. The number of rotatable bonds is 3. The molecule has 0 aromatic carbocycles. The first kappa shape index (κ1) is 13.1. The monoisotopic (exact) mass is 250 g/mol. The van der Waals surface area contributed by atoms with Gasteiger partial charge in [0.2, 0.25) is 0 Å². The SMILES string of the molecule is CCCc1nc(N)cc(N2CC(C)OCC2C)n1. The van der Waals surface area contributed by atoms with E-state index in [4.69, 9.17) is 10.5 Å². The minimum Gasteiger partial charge on any atom is -0.384 e. The summed E-state index contributed by atoms with van der Waals surface area (Å²) in [5, 5.41) is 0. The standard InChI is InChI=1S/C13H22N4O/c1-4-5-12-15-11(14)6-13(16-12)17-7-10(3)18-8-9(17)2/h6,9-10H,4-5,7-8H2,1-3H3,(H2,14,15,16). The van der Waals surface area contributed by atoms with Crippen molar-refractivity contribution in [1.82, 2.24) is 9.97 Å². The van der Waals surface area contributed by atoms with Gasteiger partial charge in [0, 0.05) is 19.0 Å². The molecule has 5 heteroatoms. The Kier molecular flexibility index (Phi) is 4.01. The quantitative estimate of drug-likeness (QED) is 0.883. The minimum absolute atomic E-state index is 0.229. The second kappa shape index (κ2) is 5.52. The summed E-state index contributed by atoms with van der Waals surface area (Å²) in [6, 6.07) is 2.18. The summed E-state index contributed by atoms with van der Waals surface area (Å²) in [7, 11) is 0. The van der Waals surface area contributed by atoms with Gasteiger partial charge < -0.3 is 15.4 Å². The summed E-state index contributed by atoms with van der Waals surface area (Å²) in [5.41, 5.74) is 5.87. The summed E-state index contributed by atoms with van der Waals surface area (Å²) >= 11 is 0. The largest absolute Gasteiger partial charge is 0.384 e. The Morgan fingerprint density at radius 3 is 2.94 bits per heavy atom. The van der Waals surface area contributed by atoms with Crippen LogP contribution in [-0.4, -0.2) is 35.3 Å². The van der Waals surface area contributed by atoms with E-state index in [-0.39, 0.29) is 6.10 Å². The number of aromatic nitrogens is 2. The fourth-order valence-electron chi connectivity index (χ4n) is 2.21. The van der Waals surface area contributed by atoms with E-state index >= 15 is 0 Å². The van der Waals surface area contributed by atoms with Crippen LogP contribution in [0.25, 0.3) is 0 Å². The number of nitrogen functional groups attached to an aromatic ring is 1. The molecule has 2 heterocycles. The fraction of sp³-hybridized carbons (Fsp3) is 0.692. The maximum atomic E-state index is 5.87. The molecule has 2 rings (SSSR count). The molecule has 0 saturated carbocycles. The molecule has 1 aromatic heterocycles. The van der Waals surface area contributed by atoms with Crippen molar-refractivity contribution in [2.75, 3.05) is 23.8 Å². The van der Waals surface area contributed by atoms with E-state index in [0.717, 1.165) is 37.6 Å². The van der Waals surface area contributed by atoms with E-state index in [0.29, 0.717) is 11.9 Å². The molecule has 2 N–H and O–H groups in total. The van der Waals surface area contributed by atoms with E-state index in [1.54, 1.807) is 0 Å². The molecule has 5 nitrogen and oxygen atoms in total. The number of anilines is 2. The lowest BCUT2D eigenvalue weighted by Gasteiger charge is -2.37. The first-order valence-electron chi connectivity index (χ1n) is 6.61. The molecule has 0 aliphatic carbocycles. The zero-order chi connectivity index (χ0) is 13.1. The van der Waals surface area contributed by atoms with Crippen molar-refractivity contribution >= 4 is 11.6 Å². The fourth-order valence-corrected chi connectivity index (χ4v) is 2.21. The number of morpholine rings is 1. The average molecular weight is 250 g/mol. The Morgan fingerprint density at radius 2 is 2.22 bits per heavy atom. The van der Waals surface area contributed by atoms with Gasteiger partial charge in [-0.05, 0) is 20.3 Å². The lowest BCUT2D eigenvalue weighted by molar-refractivity contribution is 0.0340. The van der Waals surface area contributed by atoms with Gasteiger partial charge in [-0.3, -0.25) is 0 Å². The van der Waals surface area contributed by atoms with E-state index in [9.17, 15) is 0 Å². The zero-order valence-electron chi connectivity index (χ0n) is 11.4. The van der Waals surface area contributed by atoms with E-state index in [1.807, 2.05) is 6.07 Å². The second-order valence-electron chi connectivity index (χ2n) is 4.96. The normalized spacial score (nSPS) is 24.3. The second-order valence-corrected chi connectivity index (χ2v) is 4.96. The first-order chi connectivity index (χ1) is 8.60. The molecule has 2 unspecified atom stereocenters. The van der Waals surface area contributed by atoms with Crippen LogP contribution < -0.4 is 10.6 Å². The topological polar surface area (TPSA) is 64.3 Å². The van der Waals surface area contributed by atoms with Crippen molar-refractivity contribution in [3.63, 3.8) is 0 Å². The third-order valence-electron chi connectivity index (χ3n) is 3.15. The van der Waals surface area contributed by atoms with Crippen LogP contribution in [0.15, 0.2) is 6.07 Å². The molecule has 1 aliphatic rings. The van der Waals surface area contributed by atoms with Crippen LogP contribution in [0.3, 0.4) is 0 Å². The van der Waals surface area contributed by atoms with E-state index in [2.05, 4.69) is 35.6 Å². The molecule has 1 fully saturated rings. The third kappa shape index (κ3) is 2.90. The Balaban J connectivity index is 2.25. The van der Waals surface area contributed by atoms with Crippen molar-refractivity contribution in [1.29, 1.82) is 0 Å². The molecule has 18 heavy (non-hydrogen) atoms. The van der Waals surface area contributed by atoms with Crippen LogP contribution in [-0.2, 0) is 11.2 Å². The van der Waals surface area contributed by atoms with Gasteiger partial charge in [0.15, 0.2) is 0 Å². The van der Waals surface area contributed by atoms with E-state index in [1.165, 1.54) is 0 Å². The molecular formula is C13H22N4O. The average Bonchev–Trinajstić information content (AvgIpc) is 2.32. The minimum atomic E-state index is 0.229. The highest BCUT2D eigenvalue weighted by Gasteiger charge is 2.25. The highest BCUT2D eigenvalue weighted by atomic mass is 16.5. The van der Waals surface area contributed by atoms with Crippen molar-refractivity contribution in [2.24, 2.45) is 0 Å². The van der Waals surface area contributed by atoms with Crippen molar-refractivity contribution in [2.45, 2.75) is 45.8 Å². The maximum absolute atomic E-state index is 5.87. The van der Waals surface area contributed by atoms with Crippen LogP contribution in [0, 0.1) is 0 Å². The van der Waals surface area contributed by atoms with Crippen LogP contribution in [0.2, 0.25) is 0 Å². The predicted octanol–water partition coefficient (Wildman–Crippen LogP) is 1.62. The molecule has 2 atom stereocenters. The highest BCUT2D eigenvalue weighted by molar-refractivity contribution is 5.48.